The topological polar surface area (TPSA) is 3.24 Å². The molecule has 0 spiro atoms. The Bertz CT molecular complexity index is 807. The highest BCUT2D eigenvalue weighted by Crippen LogP contribution is 2.61. The second-order valence-electron chi connectivity index (χ2n) is 8.96. The van der Waals surface area contributed by atoms with Crippen LogP contribution >= 0.6 is 31.9 Å². The maximum Gasteiger partial charge on any atom is 0.0510 e. The number of benzene rings is 2. The molecule has 0 saturated heterocycles. The summed E-state index contributed by atoms with van der Waals surface area (Å²) in [7, 11) is 0. The maximum absolute atomic E-state index is 4.02. The Labute approximate surface area is 187 Å². The molecule has 0 aliphatic heterocycles. The van der Waals surface area contributed by atoms with Crippen molar-refractivity contribution in [3.05, 3.63) is 70.8 Å². The number of aryl methyl sites for hydroxylation is 1. The Morgan fingerprint density at radius 3 is 2.11 bits per heavy atom. The number of rotatable bonds is 9. The molecule has 2 saturated carbocycles. The molecular formula is C25H31Br2N. The molecule has 2 aromatic carbocycles. The van der Waals surface area contributed by atoms with Crippen molar-refractivity contribution in [2.75, 3.05) is 6.54 Å². The lowest BCUT2D eigenvalue weighted by molar-refractivity contribution is 0.210. The Morgan fingerprint density at radius 1 is 0.857 bits per heavy atom. The lowest BCUT2D eigenvalue weighted by Crippen LogP contribution is -2.31. The van der Waals surface area contributed by atoms with E-state index in [1.165, 1.54) is 48.8 Å². The first-order valence-corrected chi connectivity index (χ1v) is 12.3. The van der Waals surface area contributed by atoms with Gasteiger partial charge in [-0.15, -0.1) is 0 Å². The molecule has 2 aliphatic carbocycles. The minimum absolute atomic E-state index is 0.249. The van der Waals surface area contributed by atoms with Crippen molar-refractivity contribution < 1.29 is 0 Å². The molecule has 28 heavy (non-hydrogen) atoms. The third kappa shape index (κ3) is 4.74. The van der Waals surface area contributed by atoms with Crippen LogP contribution < -0.4 is 0 Å². The van der Waals surface area contributed by atoms with Crippen molar-refractivity contribution in [1.82, 2.24) is 4.90 Å². The number of nitrogens with zero attached hydrogens (tertiary/aromatic N) is 1. The van der Waals surface area contributed by atoms with Gasteiger partial charge in [0, 0.05) is 12.6 Å². The van der Waals surface area contributed by atoms with Crippen LogP contribution in [-0.4, -0.2) is 17.5 Å². The first kappa shape index (κ1) is 20.6. The van der Waals surface area contributed by atoms with Crippen molar-refractivity contribution in [2.24, 2.45) is 0 Å². The molecule has 1 nitrogen and oxygen atoms in total. The average molecular weight is 505 g/mol. The van der Waals surface area contributed by atoms with Crippen LogP contribution in [0, 0.1) is 0 Å². The minimum Gasteiger partial charge on any atom is -0.297 e. The van der Waals surface area contributed by atoms with Crippen molar-refractivity contribution in [1.29, 1.82) is 0 Å². The van der Waals surface area contributed by atoms with Crippen LogP contribution in [-0.2, 0) is 21.6 Å². The zero-order valence-electron chi connectivity index (χ0n) is 17.1. The van der Waals surface area contributed by atoms with E-state index in [9.17, 15) is 0 Å². The van der Waals surface area contributed by atoms with E-state index in [-0.39, 0.29) is 8.65 Å². The molecule has 150 valence electrons. The first-order valence-electron chi connectivity index (χ1n) is 10.7. The second-order valence-corrected chi connectivity index (χ2v) is 12.0. The zero-order chi connectivity index (χ0) is 19.8. The van der Waals surface area contributed by atoms with Crippen LogP contribution in [0.5, 0.6) is 0 Å². The lowest BCUT2D eigenvalue weighted by Gasteiger charge is -2.26. The number of hydrogen-bond donors (Lipinski definition) is 0. The van der Waals surface area contributed by atoms with Gasteiger partial charge >= 0.3 is 0 Å². The molecule has 2 aliphatic rings. The average Bonchev–Trinajstić information content (AvgIpc) is 3.61. The molecule has 0 bridgehead atoms. The summed E-state index contributed by atoms with van der Waals surface area (Å²) in [6, 6.07) is 18.7. The van der Waals surface area contributed by atoms with E-state index >= 15 is 0 Å². The van der Waals surface area contributed by atoms with Crippen molar-refractivity contribution in [3.63, 3.8) is 0 Å². The van der Waals surface area contributed by atoms with Gasteiger partial charge in [0.05, 0.1) is 8.65 Å². The van der Waals surface area contributed by atoms with E-state index in [2.05, 4.69) is 99.1 Å². The van der Waals surface area contributed by atoms with Gasteiger partial charge in [-0.2, -0.15) is 0 Å². The molecule has 0 heterocycles. The molecule has 4 rings (SSSR count). The van der Waals surface area contributed by atoms with Gasteiger partial charge in [0.25, 0.3) is 0 Å². The second kappa shape index (κ2) is 8.24. The fourth-order valence-corrected chi connectivity index (χ4v) is 5.16. The van der Waals surface area contributed by atoms with E-state index < -0.39 is 0 Å². The summed E-state index contributed by atoms with van der Waals surface area (Å²) >= 11 is 8.01. The van der Waals surface area contributed by atoms with Crippen LogP contribution in [0.15, 0.2) is 48.5 Å². The van der Waals surface area contributed by atoms with Crippen LogP contribution in [0.1, 0.15) is 68.2 Å². The fraction of sp³-hybridized carbons (Fsp3) is 0.520. The molecular weight excluding hydrogens is 474 g/mol. The van der Waals surface area contributed by atoms with Crippen LogP contribution in [0.3, 0.4) is 0 Å². The van der Waals surface area contributed by atoms with E-state index in [1.807, 2.05) is 0 Å². The predicted octanol–water partition coefficient (Wildman–Crippen LogP) is 7.30. The van der Waals surface area contributed by atoms with E-state index in [4.69, 9.17) is 0 Å². The molecule has 3 heteroatoms. The van der Waals surface area contributed by atoms with Crippen molar-refractivity contribution in [3.8, 4) is 0 Å². The van der Waals surface area contributed by atoms with Gasteiger partial charge in [-0.05, 0) is 81.2 Å². The quantitative estimate of drug-likeness (QED) is 0.324. The summed E-state index contributed by atoms with van der Waals surface area (Å²) < 4.78 is 0.507. The lowest BCUT2D eigenvalue weighted by atomic mass is 9.95. The molecule has 0 N–H and O–H groups in total. The van der Waals surface area contributed by atoms with Gasteiger partial charge in [0.2, 0.25) is 0 Å². The predicted molar refractivity (Wildman–Crippen MR) is 126 cm³/mol. The van der Waals surface area contributed by atoms with E-state index in [0.29, 0.717) is 6.04 Å². The Hall–Kier alpha value is -0.640. The molecule has 2 aromatic rings. The Morgan fingerprint density at radius 2 is 1.50 bits per heavy atom. The summed E-state index contributed by atoms with van der Waals surface area (Å²) in [5.41, 5.74) is 5.97. The summed E-state index contributed by atoms with van der Waals surface area (Å²) in [5.74, 6) is 0. The maximum atomic E-state index is 4.02. The van der Waals surface area contributed by atoms with Gasteiger partial charge < -0.3 is 0 Å². The molecule has 0 aromatic heterocycles. The van der Waals surface area contributed by atoms with Crippen LogP contribution in [0.2, 0.25) is 0 Å². The fourth-order valence-electron chi connectivity index (χ4n) is 4.09. The molecule has 0 radical (unpaired) electrons. The Kier molecular flexibility index (Phi) is 6.07. The van der Waals surface area contributed by atoms with Crippen molar-refractivity contribution >= 4 is 31.9 Å². The SMILES string of the molecule is CC(C)N(CCCc1ccc(C2(Br)CC2)c(C2(Br)CC2)c1)Cc1ccccc1. The van der Waals surface area contributed by atoms with Gasteiger partial charge in [0.15, 0.2) is 0 Å². The summed E-state index contributed by atoms with van der Waals surface area (Å²) in [4.78, 5) is 2.59. The van der Waals surface area contributed by atoms with Gasteiger partial charge in [-0.1, -0.05) is 80.4 Å². The minimum atomic E-state index is 0.249. The van der Waals surface area contributed by atoms with Crippen LogP contribution in [0.25, 0.3) is 0 Å². The first-order chi connectivity index (χ1) is 13.4. The van der Waals surface area contributed by atoms with Crippen LogP contribution in [0.4, 0.5) is 0 Å². The van der Waals surface area contributed by atoms with Gasteiger partial charge in [-0.25, -0.2) is 0 Å². The number of hydrogen-bond acceptors (Lipinski definition) is 1. The van der Waals surface area contributed by atoms with Gasteiger partial charge in [-0.3, -0.25) is 4.90 Å². The summed E-state index contributed by atoms with van der Waals surface area (Å²) in [5, 5.41) is 0. The highest BCUT2D eigenvalue weighted by atomic mass is 79.9. The highest BCUT2D eigenvalue weighted by Gasteiger charge is 2.49. The zero-order valence-corrected chi connectivity index (χ0v) is 20.2. The Balaban J connectivity index is 1.40. The van der Waals surface area contributed by atoms with Crippen molar-refractivity contribution in [2.45, 2.75) is 73.6 Å². The number of halogens is 2. The summed E-state index contributed by atoms with van der Waals surface area (Å²) in [6.45, 7) is 6.80. The largest absolute Gasteiger partial charge is 0.297 e. The number of alkyl halides is 2. The third-order valence-electron chi connectivity index (χ3n) is 6.30. The molecule has 0 unspecified atom stereocenters. The normalized spacial score (nSPS) is 19.2. The van der Waals surface area contributed by atoms with E-state index in [1.54, 1.807) is 5.56 Å². The molecule has 2 fully saturated rings. The van der Waals surface area contributed by atoms with Gasteiger partial charge in [0.1, 0.15) is 0 Å². The van der Waals surface area contributed by atoms with E-state index in [0.717, 1.165) is 19.5 Å². The monoisotopic (exact) mass is 503 g/mol. The highest BCUT2D eigenvalue weighted by molar-refractivity contribution is 9.10. The molecule has 0 amide bonds. The smallest absolute Gasteiger partial charge is 0.0510 e. The third-order valence-corrected chi connectivity index (χ3v) is 8.74. The molecule has 0 atom stereocenters. The standard InChI is InChI=1S/C25H31Br2N/c1-19(2)28(18-21-7-4-3-5-8-21)16-6-9-20-10-11-22(24(26)12-13-24)23(17-20)25(27)14-15-25/h3-5,7-8,10-11,17,19H,6,9,12-16,18H2,1-2H3. The summed E-state index contributed by atoms with van der Waals surface area (Å²) in [6.07, 6.45) is 7.44.